The number of rotatable bonds is 8. The van der Waals surface area contributed by atoms with Crippen molar-refractivity contribution in [3.05, 3.63) is 41.6 Å². The van der Waals surface area contributed by atoms with Crippen LogP contribution >= 0.6 is 0 Å². The van der Waals surface area contributed by atoms with Gasteiger partial charge in [-0.3, -0.25) is 0 Å². The van der Waals surface area contributed by atoms with E-state index in [1.807, 2.05) is 18.3 Å². The minimum absolute atomic E-state index is 0.0833. The Balaban J connectivity index is 1.40. The molecule has 8 nitrogen and oxygen atoms in total. The second-order valence-electron chi connectivity index (χ2n) is 9.39. The van der Waals surface area contributed by atoms with E-state index in [2.05, 4.69) is 41.7 Å². The second kappa shape index (κ2) is 9.95. The Bertz CT molecular complexity index is 1070. The molecule has 2 aromatic heterocycles. The number of anilines is 1. The molecule has 8 heteroatoms. The Hall–Kier alpha value is -2.87. The van der Waals surface area contributed by atoms with Gasteiger partial charge in [0.25, 0.3) is 0 Å². The van der Waals surface area contributed by atoms with Crippen LogP contribution in [0.2, 0.25) is 0 Å². The molecule has 1 saturated carbocycles. The van der Waals surface area contributed by atoms with Gasteiger partial charge in [-0.2, -0.15) is 19.6 Å². The van der Waals surface area contributed by atoms with Gasteiger partial charge < -0.3 is 20.1 Å². The van der Waals surface area contributed by atoms with Crippen LogP contribution in [0.25, 0.3) is 5.65 Å². The van der Waals surface area contributed by atoms with Crippen molar-refractivity contribution >= 4 is 11.6 Å². The molecule has 2 aliphatic rings. The normalized spacial score (nSPS) is 19.3. The highest BCUT2D eigenvalue weighted by atomic mass is 16.5. The molecular formula is C25H34N6O2. The number of fused-ring (bicyclic) bond motifs is 1. The number of ether oxygens (including phenoxy) is 2. The number of hydrogen-bond donors (Lipinski definition) is 2. The quantitative estimate of drug-likeness (QED) is 0.529. The Morgan fingerprint density at radius 3 is 2.67 bits per heavy atom. The van der Waals surface area contributed by atoms with Gasteiger partial charge >= 0.3 is 6.01 Å². The van der Waals surface area contributed by atoms with E-state index >= 15 is 0 Å². The summed E-state index contributed by atoms with van der Waals surface area (Å²) in [5, 5.41) is 11.4. The van der Waals surface area contributed by atoms with Crippen LogP contribution < -0.4 is 20.1 Å². The molecule has 1 unspecified atom stereocenters. The molecule has 2 N–H and O–H groups in total. The van der Waals surface area contributed by atoms with Crippen LogP contribution in [-0.4, -0.2) is 44.9 Å². The minimum Gasteiger partial charge on any atom is -0.490 e. The van der Waals surface area contributed by atoms with Crippen molar-refractivity contribution in [1.29, 1.82) is 0 Å². The summed E-state index contributed by atoms with van der Waals surface area (Å²) in [5.41, 5.74) is 2.97. The van der Waals surface area contributed by atoms with Crippen molar-refractivity contribution in [3.8, 4) is 11.8 Å². The van der Waals surface area contributed by atoms with Gasteiger partial charge in [0.2, 0.25) is 5.95 Å². The molecule has 1 aromatic carbocycles. The zero-order valence-electron chi connectivity index (χ0n) is 19.6. The Morgan fingerprint density at radius 2 is 1.88 bits per heavy atom. The maximum Gasteiger partial charge on any atom is 0.322 e. The van der Waals surface area contributed by atoms with E-state index in [4.69, 9.17) is 19.4 Å². The third-order valence-electron chi connectivity index (χ3n) is 6.53. The average molecular weight is 451 g/mol. The molecule has 176 valence electrons. The molecule has 1 atom stereocenters. The van der Waals surface area contributed by atoms with Crippen molar-refractivity contribution in [3.63, 3.8) is 0 Å². The first kappa shape index (κ1) is 21.9. The standard InChI is InChI=1S/C25H34N6O2/c1-17(2)21-16-28-31-23(21)29-25(33-20-11-7-13-26-15-20)30-24(31)27-14-18-8-3-6-12-22(18)32-19-9-4-5-10-19/h3,6,8,12,16-17,19-20,26H,4-5,7,9-11,13-15H2,1-2H3,(H,27,29,30). The fourth-order valence-electron chi connectivity index (χ4n) is 4.64. The third-order valence-corrected chi connectivity index (χ3v) is 6.53. The molecule has 33 heavy (non-hydrogen) atoms. The molecular weight excluding hydrogens is 416 g/mol. The molecule has 0 radical (unpaired) electrons. The molecule has 1 saturated heterocycles. The number of piperidine rings is 1. The molecule has 2 fully saturated rings. The first-order valence-electron chi connectivity index (χ1n) is 12.3. The molecule has 0 spiro atoms. The van der Waals surface area contributed by atoms with Gasteiger partial charge in [-0.15, -0.1) is 0 Å². The molecule has 3 aromatic rings. The Morgan fingerprint density at radius 1 is 1.06 bits per heavy atom. The average Bonchev–Trinajstić information content (AvgIpc) is 3.49. The van der Waals surface area contributed by atoms with Crippen LogP contribution in [0.4, 0.5) is 5.95 Å². The van der Waals surface area contributed by atoms with E-state index in [-0.39, 0.29) is 6.10 Å². The summed E-state index contributed by atoms with van der Waals surface area (Å²) in [6, 6.07) is 8.63. The second-order valence-corrected chi connectivity index (χ2v) is 9.39. The Kier molecular flexibility index (Phi) is 6.62. The number of para-hydroxylation sites is 1. The van der Waals surface area contributed by atoms with Crippen LogP contribution in [0.15, 0.2) is 30.5 Å². The van der Waals surface area contributed by atoms with Crippen molar-refractivity contribution in [2.75, 3.05) is 18.4 Å². The maximum atomic E-state index is 6.32. The van der Waals surface area contributed by atoms with Gasteiger partial charge in [-0.1, -0.05) is 32.0 Å². The first-order valence-corrected chi connectivity index (χ1v) is 12.3. The zero-order chi connectivity index (χ0) is 22.6. The van der Waals surface area contributed by atoms with Crippen molar-refractivity contribution < 1.29 is 9.47 Å². The first-order chi connectivity index (χ1) is 16.2. The van der Waals surface area contributed by atoms with Crippen molar-refractivity contribution in [2.24, 2.45) is 0 Å². The van der Waals surface area contributed by atoms with E-state index in [1.165, 1.54) is 12.8 Å². The monoisotopic (exact) mass is 450 g/mol. The maximum absolute atomic E-state index is 6.32. The zero-order valence-corrected chi connectivity index (χ0v) is 19.6. The number of benzene rings is 1. The minimum atomic E-state index is 0.0833. The molecule has 0 bridgehead atoms. The van der Waals surface area contributed by atoms with Gasteiger partial charge in [-0.25, -0.2) is 0 Å². The van der Waals surface area contributed by atoms with Gasteiger partial charge in [-0.05, 0) is 57.1 Å². The van der Waals surface area contributed by atoms with Crippen molar-refractivity contribution in [1.82, 2.24) is 24.9 Å². The van der Waals surface area contributed by atoms with Crippen LogP contribution in [0.1, 0.15) is 69.4 Å². The van der Waals surface area contributed by atoms with Gasteiger partial charge in [0.15, 0.2) is 5.65 Å². The fraction of sp³-hybridized carbons (Fsp3) is 0.560. The lowest BCUT2D eigenvalue weighted by Gasteiger charge is -2.23. The summed E-state index contributed by atoms with van der Waals surface area (Å²) < 4.78 is 14.3. The van der Waals surface area contributed by atoms with Crippen LogP contribution in [-0.2, 0) is 6.54 Å². The van der Waals surface area contributed by atoms with Gasteiger partial charge in [0, 0.05) is 24.2 Å². The molecule has 1 aliphatic heterocycles. The SMILES string of the molecule is CC(C)c1cnn2c(NCc3ccccc3OC3CCCC3)nc(OC3CCCNC3)nc12. The number of nitrogens with zero attached hydrogens (tertiary/aromatic N) is 4. The summed E-state index contributed by atoms with van der Waals surface area (Å²) in [6.45, 7) is 6.73. The predicted octanol–water partition coefficient (Wildman–Crippen LogP) is 4.31. The van der Waals surface area contributed by atoms with Gasteiger partial charge in [0.1, 0.15) is 11.9 Å². The van der Waals surface area contributed by atoms with E-state index in [9.17, 15) is 0 Å². The summed E-state index contributed by atoms with van der Waals surface area (Å²) >= 11 is 0. The van der Waals surface area contributed by atoms with Crippen molar-refractivity contribution in [2.45, 2.75) is 77.0 Å². The van der Waals surface area contributed by atoms with E-state index in [0.29, 0.717) is 30.5 Å². The lowest BCUT2D eigenvalue weighted by molar-refractivity contribution is 0.153. The van der Waals surface area contributed by atoms with E-state index in [0.717, 1.165) is 61.3 Å². The largest absolute Gasteiger partial charge is 0.490 e. The molecule has 3 heterocycles. The lowest BCUT2D eigenvalue weighted by Crippen LogP contribution is -2.37. The smallest absolute Gasteiger partial charge is 0.322 e. The summed E-state index contributed by atoms with van der Waals surface area (Å²) in [6.07, 6.45) is 9.16. The van der Waals surface area contributed by atoms with Crippen LogP contribution in [0.5, 0.6) is 11.8 Å². The molecule has 0 amide bonds. The highest BCUT2D eigenvalue weighted by Gasteiger charge is 2.21. The molecule has 1 aliphatic carbocycles. The number of hydrogen-bond acceptors (Lipinski definition) is 7. The Labute approximate surface area is 195 Å². The topological polar surface area (TPSA) is 85.6 Å². The summed E-state index contributed by atoms with van der Waals surface area (Å²) in [4.78, 5) is 9.43. The highest BCUT2D eigenvalue weighted by Crippen LogP contribution is 2.28. The highest BCUT2D eigenvalue weighted by molar-refractivity contribution is 5.53. The van der Waals surface area contributed by atoms with E-state index in [1.54, 1.807) is 4.52 Å². The molecule has 5 rings (SSSR count). The summed E-state index contributed by atoms with van der Waals surface area (Å²) in [7, 11) is 0. The lowest BCUT2D eigenvalue weighted by atomic mass is 10.1. The van der Waals surface area contributed by atoms with Crippen LogP contribution in [0.3, 0.4) is 0 Å². The number of nitrogens with one attached hydrogen (secondary N) is 2. The predicted molar refractivity (Wildman–Crippen MR) is 128 cm³/mol. The van der Waals surface area contributed by atoms with E-state index < -0.39 is 0 Å². The third kappa shape index (κ3) is 5.05. The summed E-state index contributed by atoms with van der Waals surface area (Å²) in [5.74, 6) is 1.87. The van der Waals surface area contributed by atoms with Crippen LogP contribution in [0, 0.1) is 0 Å². The fourth-order valence-corrected chi connectivity index (χ4v) is 4.64. The number of aromatic nitrogens is 4. The van der Waals surface area contributed by atoms with Gasteiger partial charge in [0.05, 0.1) is 12.3 Å².